The van der Waals surface area contributed by atoms with Crippen LogP contribution in [0.5, 0.6) is 0 Å². The summed E-state index contributed by atoms with van der Waals surface area (Å²) in [6, 6.07) is 0.479. The normalized spacial score (nSPS) is 26.8. The molecule has 2 atom stereocenters. The van der Waals surface area contributed by atoms with Crippen molar-refractivity contribution in [2.45, 2.75) is 71.6 Å². The van der Waals surface area contributed by atoms with Crippen molar-refractivity contribution >= 4 is 0 Å². The quantitative estimate of drug-likeness (QED) is 0.822. The molecule has 0 radical (unpaired) electrons. The highest BCUT2D eigenvalue weighted by Crippen LogP contribution is 2.31. The van der Waals surface area contributed by atoms with E-state index >= 15 is 0 Å². The van der Waals surface area contributed by atoms with Crippen molar-refractivity contribution in [1.82, 2.24) is 4.90 Å². The van der Waals surface area contributed by atoms with Crippen LogP contribution in [0.25, 0.3) is 0 Å². The van der Waals surface area contributed by atoms with E-state index in [4.69, 9.17) is 10.5 Å². The number of morpholine rings is 1. The molecule has 2 N–H and O–H groups in total. The first-order valence-corrected chi connectivity index (χ1v) is 7.35. The molecule has 0 aromatic rings. The van der Waals surface area contributed by atoms with Crippen LogP contribution in [0.15, 0.2) is 0 Å². The fourth-order valence-electron chi connectivity index (χ4n) is 3.47. The average molecular weight is 256 g/mol. The van der Waals surface area contributed by atoms with Crippen molar-refractivity contribution in [2.24, 2.45) is 11.7 Å². The van der Waals surface area contributed by atoms with E-state index in [9.17, 15) is 0 Å². The van der Waals surface area contributed by atoms with E-state index in [0.29, 0.717) is 12.0 Å². The summed E-state index contributed by atoms with van der Waals surface area (Å²) in [4.78, 5) is 2.55. The molecule has 108 valence electrons. The molecule has 1 saturated heterocycles. The molecule has 1 aliphatic heterocycles. The van der Waals surface area contributed by atoms with Crippen LogP contribution < -0.4 is 5.73 Å². The zero-order chi connectivity index (χ0) is 14.0. The molecule has 0 spiro atoms. The van der Waals surface area contributed by atoms with Gasteiger partial charge in [0, 0.05) is 25.7 Å². The lowest BCUT2D eigenvalue weighted by Gasteiger charge is -2.50. The van der Waals surface area contributed by atoms with Crippen LogP contribution in [0.1, 0.15) is 54.4 Å². The molecular formula is C15H32N2O. The van der Waals surface area contributed by atoms with Crippen LogP contribution in [-0.4, -0.2) is 41.8 Å². The standard InChI is InChI=1S/C15H32N2O/c1-7-8-12(2)13(9-16)17-10-14(3,4)18-15(5,6)11-17/h12-13H,7-11,16H2,1-6H3. The van der Waals surface area contributed by atoms with Gasteiger partial charge in [0.05, 0.1) is 11.2 Å². The summed E-state index contributed by atoms with van der Waals surface area (Å²) in [5, 5.41) is 0. The molecule has 1 rings (SSSR count). The van der Waals surface area contributed by atoms with Crippen molar-refractivity contribution in [2.75, 3.05) is 19.6 Å². The lowest BCUT2D eigenvalue weighted by atomic mass is 9.91. The first-order valence-electron chi connectivity index (χ1n) is 7.35. The van der Waals surface area contributed by atoms with E-state index in [1.165, 1.54) is 12.8 Å². The number of hydrogen-bond donors (Lipinski definition) is 1. The molecule has 0 aliphatic carbocycles. The van der Waals surface area contributed by atoms with E-state index < -0.39 is 0 Å². The van der Waals surface area contributed by atoms with Gasteiger partial charge in [0.15, 0.2) is 0 Å². The summed E-state index contributed by atoms with van der Waals surface area (Å²) in [6.45, 7) is 16.0. The highest BCUT2D eigenvalue weighted by Gasteiger charge is 2.41. The second-order valence-corrected chi connectivity index (χ2v) is 7.10. The molecule has 0 aromatic heterocycles. The molecule has 3 nitrogen and oxygen atoms in total. The average Bonchev–Trinajstić information content (AvgIpc) is 2.13. The minimum Gasteiger partial charge on any atom is -0.367 e. The van der Waals surface area contributed by atoms with Gasteiger partial charge in [-0.3, -0.25) is 4.90 Å². The Balaban J connectivity index is 2.79. The van der Waals surface area contributed by atoms with E-state index in [-0.39, 0.29) is 11.2 Å². The zero-order valence-electron chi connectivity index (χ0n) is 13.1. The van der Waals surface area contributed by atoms with Crippen LogP contribution in [0.3, 0.4) is 0 Å². The van der Waals surface area contributed by atoms with Crippen molar-refractivity contribution in [3.63, 3.8) is 0 Å². The first-order chi connectivity index (χ1) is 8.21. The molecule has 0 aromatic carbocycles. The van der Waals surface area contributed by atoms with Crippen LogP contribution in [0, 0.1) is 5.92 Å². The minimum atomic E-state index is -0.0822. The highest BCUT2D eigenvalue weighted by molar-refractivity contribution is 4.93. The van der Waals surface area contributed by atoms with Gasteiger partial charge in [0.2, 0.25) is 0 Å². The van der Waals surface area contributed by atoms with E-state index in [1.807, 2.05) is 0 Å². The maximum Gasteiger partial charge on any atom is 0.0760 e. The van der Waals surface area contributed by atoms with Gasteiger partial charge in [0.25, 0.3) is 0 Å². The van der Waals surface area contributed by atoms with Gasteiger partial charge < -0.3 is 10.5 Å². The smallest absolute Gasteiger partial charge is 0.0760 e. The van der Waals surface area contributed by atoms with Gasteiger partial charge in [-0.25, -0.2) is 0 Å². The zero-order valence-corrected chi connectivity index (χ0v) is 13.1. The SMILES string of the molecule is CCCC(C)C(CN)N1CC(C)(C)OC(C)(C)C1. The third kappa shape index (κ3) is 4.22. The van der Waals surface area contributed by atoms with Gasteiger partial charge >= 0.3 is 0 Å². The fraction of sp³-hybridized carbons (Fsp3) is 1.00. The largest absolute Gasteiger partial charge is 0.367 e. The van der Waals surface area contributed by atoms with Crippen LogP contribution >= 0.6 is 0 Å². The number of rotatable bonds is 5. The van der Waals surface area contributed by atoms with Gasteiger partial charge in [0.1, 0.15) is 0 Å². The molecule has 0 saturated carbocycles. The Morgan fingerprint density at radius 2 is 1.67 bits per heavy atom. The highest BCUT2D eigenvalue weighted by atomic mass is 16.5. The number of hydrogen-bond acceptors (Lipinski definition) is 3. The van der Waals surface area contributed by atoms with Gasteiger partial charge in [-0.05, 0) is 40.0 Å². The molecule has 1 aliphatic rings. The van der Waals surface area contributed by atoms with Crippen molar-refractivity contribution in [1.29, 1.82) is 0 Å². The lowest BCUT2D eigenvalue weighted by Crippen LogP contribution is -2.62. The van der Waals surface area contributed by atoms with Crippen molar-refractivity contribution in [3.8, 4) is 0 Å². The number of ether oxygens (including phenoxy) is 1. The Morgan fingerprint density at radius 1 is 1.17 bits per heavy atom. The Hall–Kier alpha value is -0.120. The third-order valence-electron chi connectivity index (χ3n) is 3.83. The number of nitrogens with zero attached hydrogens (tertiary/aromatic N) is 1. The van der Waals surface area contributed by atoms with Crippen molar-refractivity contribution in [3.05, 3.63) is 0 Å². The fourth-order valence-corrected chi connectivity index (χ4v) is 3.47. The van der Waals surface area contributed by atoms with E-state index in [1.54, 1.807) is 0 Å². The summed E-state index contributed by atoms with van der Waals surface area (Å²) in [7, 11) is 0. The topological polar surface area (TPSA) is 38.5 Å². The summed E-state index contributed by atoms with van der Waals surface area (Å²) < 4.78 is 6.14. The molecule has 18 heavy (non-hydrogen) atoms. The predicted octanol–water partition coefficient (Wildman–Crippen LogP) is 2.64. The van der Waals surface area contributed by atoms with Gasteiger partial charge in [-0.15, -0.1) is 0 Å². The molecular weight excluding hydrogens is 224 g/mol. The Labute approximate surface area is 113 Å². The predicted molar refractivity (Wildman–Crippen MR) is 77.7 cm³/mol. The summed E-state index contributed by atoms with van der Waals surface area (Å²) in [5.41, 5.74) is 5.86. The van der Waals surface area contributed by atoms with Crippen molar-refractivity contribution < 1.29 is 4.74 Å². The second-order valence-electron chi connectivity index (χ2n) is 7.10. The maximum atomic E-state index is 6.14. The maximum absolute atomic E-state index is 6.14. The second kappa shape index (κ2) is 5.89. The molecule has 2 unspecified atom stereocenters. The molecule has 1 fully saturated rings. The number of nitrogens with two attached hydrogens (primary N) is 1. The summed E-state index contributed by atoms with van der Waals surface area (Å²) in [6.07, 6.45) is 2.48. The molecule has 3 heteroatoms. The van der Waals surface area contributed by atoms with Crippen LogP contribution in [0.2, 0.25) is 0 Å². The van der Waals surface area contributed by atoms with E-state index in [2.05, 4.69) is 46.4 Å². The van der Waals surface area contributed by atoms with Gasteiger partial charge in [-0.2, -0.15) is 0 Å². The summed E-state index contributed by atoms with van der Waals surface area (Å²) in [5.74, 6) is 0.657. The summed E-state index contributed by atoms with van der Waals surface area (Å²) >= 11 is 0. The third-order valence-corrected chi connectivity index (χ3v) is 3.83. The monoisotopic (exact) mass is 256 g/mol. The van der Waals surface area contributed by atoms with E-state index in [0.717, 1.165) is 19.6 Å². The molecule has 0 bridgehead atoms. The van der Waals surface area contributed by atoms with Gasteiger partial charge in [-0.1, -0.05) is 20.3 Å². The van der Waals surface area contributed by atoms with Crippen LogP contribution in [-0.2, 0) is 4.74 Å². The Kier molecular flexibility index (Phi) is 5.22. The molecule has 1 heterocycles. The first kappa shape index (κ1) is 15.9. The lowest BCUT2D eigenvalue weighted by molar-refractivity contribution is -0.190. The Morgan fingerprint density at radius 3 is 2.06 bits per heavy atom. The minimum absolute atomic E-state index is 0.0822. The molecule has 0 amide bonds. The Bertz CT molecular complexity index is 247. The van der Waals surface area contributed by atoms with Crippen LogP contribution in [0.4, 0.5) is 0 Å².